The highest BCUT2D eigenvalue weighted by atomic mass is 19.1. The van der Waals surface area contributed by atoms with E-state index in [1.807, 2.05) is 6.07 Å². The smallest absolute Gasteiger partial charge is 0.257 e. The predicted octanol–water partition coefficient (Wildman–Crippen LogP) is 3.53. The van der Waals surface area contributed by atoms with Gasteiger partial charge in [0.1, 0.15) is 17.9 Å². The van der Waals surface area contributed by atoms with E-state index in [1.165, 1.54) is 12.1 Å². The van der Waals surface area contributed by atoms with Crippen LogP contribution in [0.5, 0.6) is 0 Å². The van der Waals surface area contributed by atoms with Crippen LogP contribution < -0.4 is 0 Å². The van der Waals surface area contributed by atoms with Crippen LogP contribution in [-0.4, -0.2) is 46.5 Å². The highest BCUT2D eigenvalue weighted by Crippen LogP contribution is 2.47. The molecule has 2 atom stereocenters. The van der Waals surface area contributed by atoms with E-state index in [2.05, 4.69) is 0 Å². The molecular formula is C24H21F2N3O3. The summed E-state index contributed by atoms with van der Waals surface area (Å²) in [5.41, 5.74) is 0.411. The summed E-state index contributed by atoms with van der Waals surface area (Å²) < 4.78 is 33.7. The molecule has 3 aliphatic rings. The lowest BCUT2D eigenvalue weighted by Gasteiger charge is -2.37. The summed E-state index contributed by atoms with van der Waals surface area (Å²) in [5.74, 6) is -1.65. The molecular weight excluding hydrogens is 416 g/mol. The van der Waals surface area contributed by atoms with Crippen molar-refractivity contribution in [3.05, 3.63) is 70.8 Å². The maximum absolute atomic E-state index is 13.7. The van der Waals surface area contributed by atoms with Crippen molar-refractivity contribution < 1.29 is 23.1 Å². The fraction of sp³-hybridized carbons (Fsp3) is 0.375. The number of halogens is 2. The molecule has 5 rings (SSSR count). The highest BCUT2D eigenvalue weighted by Gasteiger charge is 2.58. The molecule has 0 saturated carbocycles. The van der Waals surface area contributed by atoms with Gasteiger partial charge in [-0.1, -0.05) is 0 Å². The second kappa shape index (κ2) is 7.68. The number of amides is 2. The molecule has 2 aromatic rings. The lowest BCUT2D eigenvalue weighted by Crippen LogP contribution is -2.51. The average Bonchev–Trinajstić information content (AvgIpc) is 3.31. The Morgan fingerprint density at radius 2 is 1.72 bits per heavy atom. The SMILES string of the molecule is N#Cc1ccc(C(=O)N2CCC3(CC2)OC2CCC(c4cc(F)cc(F)c4)N2C3=O)cc1. The van der Waals surface area contributed by atoms with E-state index in [1.54, 1.807) is 34.1 Å². The van der Waals surface area contributed by atoms with E-state index in [0.29, 0.717) is 55.5 Å². The average molecular weight is 437 g/mol. The van der Waals surface area contributed by atoms with Crippen LogP contribution in [0.4, 0.5) is 8.78 Å². The van der Waals surface area contributed by atoms with E-state index < -0.39 is 29.5 Å². The summed E-state index contributed by atoms with van der Waals surface area (Å²) in [6.07, 6.45) is 1.50. The van der Waals surface area contributed by atoms with Crippen LogP contribution in [0, 0.1) is 23.0 Å². The van der Waals surface area contributed by atoms with E-state index >= 15 is 0 Å². The molecule has 1 spiro atoms. The first-order valence-corrected chi connectivity index (χ1v) is 10.7. The van der Waals surface area contributed by atoms with Gasteiger partial charge >= 0.3 is 0 Å². The monoisotopic (exact) mass is 437 g/mol. The zero-order chi connectivity index (χ0) is 22.5. The third kappa shape index (κ3) is 3.33. The number of rotatable bonds is 2. The van der Waals surface area contributed by atoms with Crippen LogP contribution >= 0.6 is 0 Å². The van der Waals surface area contributed by atoms with Crippen molar-refractivity contribution in [1.29, 1.82) is 5.26 Å². The zero-order valence-corrected chi connectivity index (χ0v) is 17.3. The lowest BCUT2D eigenvalue weighted by molar-refractivity contribution is -0.142. The first-order chi connectivity index (χ1) is 15.4. The third-order valence-corrected chi connectivity index (χ3v) is 6.71. The fourth-order valence-electron chi connectivity index (χ4n) is 5.08. The summed E-state index contributed by atoms with van der Waals surface area (Å²) in [4.78, 5) is 29.5. The van der Waals surface area contributed by atoms with Crippen LogP contribution in [0.1, 0.15) is 53.2 Å². The number of fused-ring (bicyclic) bond motifs is 1. The van der Waals surface area contributed by atoms with E-state index in [4.69, 9.17) is 10.00 Å². The Morgan fingerprint density at radius 1 is 1.06 bits per heavy atom. The third-order valence-electron chi connectivity index (χ3n) is 6.71. The highest BCUT2D eigenvalue weighted by molar-refractivity contribution is 5.95. The van der Waals surface area contributed by atoms with Crippen molar-refractivity contribution >= 4 is 11.8 Å². The van der Waals surface area contributed by atoms with Crippen molar-refractivity contribution in [2.45, 2.75) is 43.6 Å². The van der Waals surface area contributed by atoms with Gasteiger partial charge in [0.15, 0.2) is 5.60 Å². The van der Waals surface area contributed by atoms with Gasteiger partial charge in [0.25, 0.3) is 11.8 Å². The van der Waals surface area contributed by atoms with Gasteiger partial charge in [0, 0.05) is 37.6 Å². The van der Waals surface area contributed by atoms with Crippen LogP contribution in [0.25, 0.3) is 0 Å². The summed E-state index contributed by atoms with van der Waals surface area (Å²) >= 11 is 0. The number of hydrogen-bond donors (Lipinski definition) is 0. The number of piperidine rings is 1. The molecule has 3 aliphatic heterocycles. The molecule has 164 valence electrons. The minimum Gasteiger partial charge on any atom is -0.342 e. The van der Waals surface area contributed by atoms with E-state index in [9.17, 15) is 18.4 Å². The number of likely N-dealkylation sites (tertiary alicyclic amines) is 1. The molecule has 2 amide bonds. The Kier molecular flexibility index (Phi) is 4.94. The number of ether oxygens (including phenoxy) is 1. The molecule has 0 aromatic heterocycles. The largest absolute Gasteiger partial charge is 0.342 e. The minimum atomic E-state index is -1.00. The molecule has 8 heteroatoms. The van der Waals surface area contributed by atoms with E-state index in [0.717, 1.165) is 6.07 Å². The molecule has 3 fully saturated rings. The normalized spacial score (nSPS) is 24.0. The van der Waals surface area contributed by atoms with Crippen molar-refractivity contribution in [2.24, 2.45) is 0 Å². The standard InChI is InChI=1S/C24H21F2N3O3/c25-18-11-17(12-19(26)13-18)20-5-6-21-29(20)23(31)24(32-21)7-9-28(10-8-24)22(30)16-3-1-15(14-27)2-4-16/h1-4,11-13,20-21H,5-10H2. The number of carbonyl (C=O) groups excluding carboxylic acids is 2. The Balaban J connectivity index is 1.30. The van der Waals surface area contributed by atoms with Crippen LogP contribution in [0.2, 0.25) is 0 Å². The summed E-state index contributed by atoms with van der Waals surface area (Å²) in [7, 11) is 0. The topological polar surface area (TPSA) is 73.6 Å². The van der Waals surface area contributed by atoms with Crippen LogP contribution in [-0.2, 0) is 9.53 Å². The molecule has 2 unspecified atom stereocenters. The molecule has 0 N–H and O–H groups in total. The maximum atomic E-state index is 13.7. The summed E-state index contributed by atoms with van der Waals surface area (Å²) in [6, 6.07) is 11.4. The lowest BCUT2D eigenvalue weighted by atomic mass is 9.89. The summed E-state index contributed by atoms with van der Waals surface area (Å²) in [6.45, 7) is 0.731. The first kappa shape index (κ1) is 20.6. The van der Waals surface area contributed by atoms with Crippen LogP contribution in [0.15, 0.2) is 42.5 Å². The van der Waals surface area contributed by atoms with Gasteiger partial charge in [-0.05, 0) is 54.8 Å². The fourth-order valence-corrected chi connectivity index (χ4v) is 5.08. The second-order valence-corrected chi connectivity index (χ2v) is 8.56. The summed E-state index contributed by atoms with van der Waals surface area (Å²) in [5, 5.41) is 8.91. The van der Waals surface area contributed by atoms with Crippen molar-refractivity contribution in [3.63, 3.8) is 0 Å². The maximum Gasteiger partial charge on any atom is 0.257 e. The number of benzene rings is 2. The van der Waals surface area contributed by atoms with Crippen LogP contribution in [0.3, 0.4) is 0 Å². The molecule has 2 aromatic carbocycles. The minimum absolute atomic E-state index is 0.150. The Bertz CT molecular complexity index is 1100. The quantitative estimate of drug-likeness (QED) is 0.721. The first-order valence-electron chi connectivity index (χ1n) is 10.7. The van der Waals surface area contributed by atoms with Crippen molar-refractivity contribution in [1.82, 2.24) is 9.80 Å². The van der Waals surface area contributed by atoms with Crippen molar-refractivity contribution in [2.75, 3.05) is 13.1 Å². The van der Waals surface area contributed by atoms with Gasteiger partial charge in [0.2, 0.25) is 0 Å². The van der Waals surface area contributed by atoms with Gasteiger partial charge in [-0.2, -0.15) is 5.26 Å². The number of hydrogen-bond acceptors (Lipinski definition) is 4. The Morgan fingerprint density at radius 3 is 2.34 bits per heavy atom. The Labute approximate surface area is 184 Å². The van der Waals surface area contributed by atoms with Gasteiger partial charge in [0.05, 0.1) is 17.7 Å². The molecule has 32 heavy (non-hydrogen) atoms. The van der Waals surface area contributed by atoms with Gasteiger partial charge in [-0.3, -0.25) is 9.59 Å². The van der Waals surface area contributed by atoms with Gasteiger partial charge < -0.3 is 14.5 Å². The number of nitrogens with zero attached hydrogens (tertiary/aromatic N) is 3. The molecule has 0 bridgehead atoms. The molecule has 3 saturated heterocycles. The second-order valence-electron chi connectivity index (χ2n) is 8.56. The molecule has 0 radical (unpaired) electrons. The molecule has 3 heterocycles. The van der Waals surface area contributed by atoms with Crippen molar-refractivity contribution in [3.8, 4) is 6.07 Å². The number of nitriles is 1. The van der Waals surface area contributed by atoms with Gasteiger partial charge in [-0.25, -0.2) is 8.78 Å². The Hall–Kier alpha value is -3.31. The number of carbonyl (C=O) groups is 2. The van der Waals surface area contributed by atoms with Gasteiger partial charge in [-0.15, -0.1) is 0 Å². The predicted molar refractivity (Wildman–Crippen MR) is 109 cm³/mol. The molecule has 0 aliphatic carbocycles. The molecule has 6 nitrogen and oxygen atoms in total. The van der Waals surface area contributed by atoms with E-state index in [-0.39, 0.29) is 11.8 Å². The zero-order valence-electron chi connectivity index (χ0n) is 17.3.